The number of aliphatic hydroxyl groups excluding tert-OH is 4. The average molecular weight is 303 g/mol. The first-order valence-electron chi connectivity index (χ1n) is 8.53. The summed E-state index contributed by atoms with van der Waals surface area (Å²) in [5.74, 6) is 0. The maximum atomic E-state index is 10.1. The standard InChI is InChI=1S/C16H33NO4/c1-2-3-4-5-6-7-8-9-10-13(19)14-16(21)15(20)12(11-18)17-14/h12-21H,2-11H2,1H3/t12-,13+,14-,15-,16-/m0/s1. The van der Waals surface area contributed by atoms with Crippen LogP contribution in [0.25, 0.3) is 0 Å². The summed E-state index contributed by atoms with van der Waals surface area (Å²) in [5, 5.41) is 41.7. The SMILES string of the molecule is CCCCCCCCCC[C@@H](O)[C@@H]1N[C@@H](CO)[C@H](O)[C@H]1O. The number of aliphatic hydroxyl groups is 4. The van der Waals surface area contributed by atoms with Crippen molar-refractivity contribution in [2.24, 2.45) is 0 Å². The molecule has 1 heterocycles. The summed E-state index contributed by atoms with van der Waals surface area (Å²) in [4.78, 5) is 0. The van der Waals surface area contributed by atoms with E-state index in [4.69, 9.17) is 5.11 Å². The maximum absolute atomic E-state index is 10.1. The normalized spacial score (nSPS) is 30.7. The second kappa shape index (κ2) is 10.5. The Morgan fingerprint density at radius 1 is 0.905 bits per heavy atom. The van der Waals surface area contributed by atoms with E-state index in [-0.39, 0.29) is 6.61 Å². The Bertz CT molecular complexity index is 265. The van der Waals surface area contributed by atoms with Gasteiger partial charge in [-0.1, -0.05) is 58.3 Å². The fourth-order valence-electron chi connectivity index (χ4n) is 3.06. The summed E-state index contributed by atoms with van der Waals surface area (Å²) in [6.07, 6.45) is 7.60. The van der Waals surface area contributed by atoms with Crippen LogP contribution in [0.1, 0.15) is 64.7 Å². The Morgan fingerprint density at radius 3 is 2.00 bits per heavy atom. The molecular weight excluding hydrogens is 270 g/mol. The molecule has 1 aliphatic rings. The maximum Gasteiger partial charge on any atom is 0.0993 e. The molecule has 5 heteroatoms. The van der Waals surface area contributed by atoms with Crippen LogP contribution in [0.3, 0.4) is 0 Å². The molecule has 1 saturated heterocycles. The lowest BCUT2D eigenvalue weighted by atomic mass is 9.98. The van der Waals surface area contributed by atoms with Gasteiger partial charge in [0.25, 0.3) is 0 Å². The summed E-state index contributed by atoms with van der Waals surface area (Å²) >= 11 is 0. The first kappa shape index (κ1) is 18.8. The van der Waals surface area contributed by atoms with E-state index in [1.165, 1.54) is 38.5 Å². The highest BCUT2D eigenvalue weighted by Gasteiger charge is 2.43. The lowest BCUT2D eigenvalue weighted by Gasteiger charge is -2.22. The molecule has 0 aromatic rings. The summed E-state index contributed by atoms with van der Waals surface area (Å²) in [7, 11) is 0. The smallest absolute Gasteiger partial charge is 0.0993 e. The van der Waals surface area contributed by atoms with E-state index in [1.54, 1.807) is 0 Å². The first-order valence-corrected chi connectivity index (χ1v) is 8.53. The van der Waals surface area contributed by atoms with E-state index in [0.717, 1.165) is 12.8 Å². The second-order valence-electron chi connectivity index (χ2n) is 6.29. The molecular formula is C16H33NO4. The summed E-state index contributed by atoms with van der Waals surface area (Å²) in [5.41, 5.74) is 0. The van der Waals surface area contributed by atoms with Crippen molar-refractivity contribution in [3.63, 3.8) is 0 Å². The van der Waals surface area contributed by atoms with Crippen LogP contribution in [-0.4, -0.2) is 57.4 Å². The van der Waals surface area contributed by atoms with E-state index in [9.17, 15) is 15.3 Å². The van der Waals surface area contributed by atoms with Crippen molar-refractivity contribution in [1.82, 2.24) is 5.32 Å². The lowest BCUT2D eigenvalue weighted by molar-refractivity contribution is -0.00443. The van der Waals surface area contributed by atoms with Crippen molar-refractivity contribution in [3.8, 4) is 0 Å². The van der Waals surface area contributed by atoms with Crippen molar-refractivity contribution in [2.45, 2.75) is 95.1 Å². The molecule has 5 nitrogen and oxygen atoms in total. The van der Waals surface area contributed by atoms with E-state index < -0.39 is 30.4 Å². The van der Waals surface area contributed by atoms with Gasteiger partial charge in [-0.2, -0.15) is 0 Å². The molecule has 0 amide bonds. The first-order chi connectivity index (χ1) is 10.1. The third-order valence-corrected chi connectivity index (χ3v) is 4.50. The van der Waals surface area contributed by atoms with Gasteiger partial charge in [-0.3, -0.25) is 0 Å². The quantitative estimate of drug-likeness (QED) is 0.366. The molecule has 5 atom stereocenters. The molecule has 0 spiro atoms. The molecule has 0 bridgehead atoms. The Hall–Kier alpha value is -0.200. The van der Waals surface area contributed by atoms with E-state index >= 15 is 0 Å². The molecule has 0 aromatic carbocycles. The van der Waals surface area contributed by atoms with Crippen molar-refractivity contribution >= 4 is 0 Å². The second-order valence-corrected chi connectivity index (χ2v) is 6.29. The molecule has 0 saturated carbocycles. The van der Waals surface area contributed by atoms with Crippen LogP contribution in [0, 0.1) is 0 Å². The zero-order valence-corrected chi connectivity index (χ0v) is 13.2. The predicted octanol–water partition coefficient (Wildman–Crippen LogP) is 0.933. The Balaban J connectivity index is 2.10. The van der Waals surface area contributed by atoms with Crippen molar-refractivity contribution in [3.05, 3.63) is 0 Å². The van der Waals surface area contributed by atoms with Crippen LogP contribution in [0.15, 0.2) is 0 Å². The molecule has 0 aliphatic carbocycles. The number of hydrogen-bond acceptors (Lipinski definition) is 5. The summed E-state index contributed by atoms with van der Waals surface area (Å²) in [6, 6.07) is -1.08. The number of unbranched alkanes of at least 4 members (excludes halogenated alkanes) is 7. The van der Waals surface area contributed by atoms with Crippen LogP contribution < -0.4 is 5.32 Å². The minimum absolute atomic E-state index is 0.237. The lowest BCUT2D eigenvalue weighted by Crippen LogP contribution is -2.44. The number of hydrogen-bond donors (Lipinski definition) is 5. The zero-order chi connectivity index (χ0) is 15.7. The molecule has 1 fully saturated rings. The fourth-order valence-corrected chi connectivity index (χ4v) is 3.06. The van der Waals surface area contributed by atoms with Gasteiger partial charge in [0.05, 0.1) is 37.0 Å². The van der Waals surface area contributed by atoms with Gasteiger partial charge in [-0.25, -0.2) is 0 Å². The largest absolute Gasteiger partial charge is 0.395 e. The third kappa shape index (κ3) is 6.20. The highest BCUT2D eigenvalue weighted by molar-refractivity contribution is 5.00. The monoisotopic (exact) mass is 303 g/mol. The van der Waals surface area contributed by atoms with Gasteiger partial charge >= 0.3 is 0 Å². The molecule has 21 heavy (non-hydrogen) atoms. The molecule has 126 valence electrons. The summed E-state index contributed by atoms with van der Waals surface area (Å²) in [6.45, 7) is 1.98. The highest BCUT2D eigenvalue weighted by atomic mass is 16.3. The van der Waals surface area contributed by atoms with Gasteiger partial charge in [-0.05, 0) is 6.42 Å². The van der Waals surface area contributed by atoms with Gasteiger partial charge in [0.2, 0.25) is 0 Å². The van der Waals surface area contributed by atoms with E-state index in [2.05, 4.69) is 12.2 Å². The van der Waals surface area contributed by atoms with Gasteiger partial charge in [-0.15, -0.1) is 0 Å². The van der Waals surface area contributed by atoms with Crippen LogP contribution in [-0.2, 0) is 0 Å². The number of nitrogens with one attached hydrogen (secondary N) is 1. The Morgan fingerprint density at radius 2 is 1.48 bits per heavy atom. The topological polar surface area (TPSA) is 93.0 Å². The Kier molecular flexibility index (Phi) is 9.44. The van der Waals surface area contributed by atoms with Crippen molar-refractivity contribution in [2.75, 3.05) is 6.61 Å². The molecule has 1 rings (SSSR count). The molecule has 0 unspecified atom stereocenters. The zero-order valence-electron chi connectivity index (χ0n) is 13.2. The van der Waals surface area contributed by atoms with Gasteiger partial charge in [0.15, 0.2) is 0 Å². The van der Waals surface area contributed by atoms with Gasteiger partial charge < -0.3 is 25.7 Å². The predicted molar refractivity (Wildman–Crippen MR) is 83.0 cm³/mol. The summed E-state index contributed by atoms with van der Waals surface area (Å²) < 4.78 is 0. The van der Waals surface area contributed by atoms with Gasteiger partial charge in [0.1, 0.15) is 0 Å². The number of rotatable bonds is 11. The highest BCUT2D eigenvalue weighted by Crippen LogP contribution is 2.20. The van der Waals surface area contributed by atoms with Crippen LogP contribution in [0.2, 0.25) is 0 Å². The minimum Gasteiger partial charge on any atom is -0.395 e. The molecule has 0 aromatic heterocycles. The minimum atomic E-state index is -1.01. The van der Waals surface area contributed by atoms with Crippen molar-refractivity contribution in [1.29, 1.82) is 0 Å². The van der Waals surface area contributed by atoms with E-state index in [0.29, 0.717) is 6.42 Å². The third-order valence-electron chi connectivity index (χ3n) is 4.50. The molecule has 5 N–H and O–H groups in total. The van der Waals surface area contributed by atoms with Crippen LogP contribution >= 0.6 is 0 Å². The van der Waals surface area contributed by atoms with Crippen LogP contribution in [0.5, 0.6) is 0 Å². The Labute approximate surface area is 128 Å². The van der Waals surface area contributed by atoms with Gasteiger partial charge in [0, 0.05) is 0 Å². The van der Waals surface area contributed by atoms with Crippen LogP contribution in [0.4, 0.5) is 0 Å². The fraction of sp³-hybridized carbons (Fsp3) is 1.00. The van der Waals surface area contributed by atoms with Crippen molar-refractivity contribution < 1.29 is 20.4 Å². The average Bonchev–Trinajstić information content (AvgIpc) is 2.77. The van der Waals surface area contributed by atoms with E-state index in [1.807, 2.05) is 0 Å². The molecule has 1 aliphatic heterocycles. The molecule has 0 radical (unpaired) electrons.